The van der Waals surface area contributed by atoms with Crippen LogP contribution in [-0.4, -0.2) is 32.2 Å². The Morgan fingerprint density at radius 3 is 2.20 bits per heavy atom. The Hall–Kier alpha value is -2.14. The van der Waals surface area contributed by atoms with E-state index in [1.807, 2.05) is 33.8 Å². The second-order valence-electron chi connectivity index (χ2n) is 8.18. The highest BCUT2D eigenvalue weighted by molar-refractivity contribution is 5.33. The minimum atomic E-state index is 0.319. The lowest BCUT2D eigenvalue weighted by atomic mass is 9.99. The summed E-state index contributed by atoms with van der Waals surface area (Å²) >= 11 is 0. The molecule has 1 aliphatic rings. The smallest absolute Gasteiger partial charge is 0.0569 e. The number of benzene rings is 1. The molecule has 0 bridgehead atoms. The van der Waals surface area contributed by atoms with Crippen molar-refractivity contribution in [2.75, 3.05) is 26.2 Å². The van der Waals surface area contributed by atoms with E-state index in [9.17, 15) is 0 Å². The predicted molar refractivity (Wildman–Crippen MR) is 160 cm³/mol. The molecule has 0 saturated heterocycles. The van der Waals surface area contributed by atoms with Gasteiger partial charge in [-0.1, -0.05) is 103 Å². The molecule has 0 fully saturated rings. The van der Waals surface area contributed by atoms with Crippen LogP contribution in [0.25, 0.3) is 0 Å². The molecule has 1 aromatic carbocycles. The summed E-state index contributed by atoms with van der Waals surface area (Å²) in [6, 6.07) is 6.91. The number of nitrogens with one attached hydrogen (secondary N) is 2. The fraction of sp³-hybridized carbons (Fsp3) is 0.548. The van der Waals surface area contributed by atoms with Gasteiger partial charge in [0, 0.05) is 25.3 Å². The zero-order valence-corrected chi connectivity index (χ0v) is 24.2. The number of hydrogen-bond donors (Lipinski definition) is 4. The molecule has 4 heteroatoms. The molecule has 0 aromatic heterocycles. The number of nitrogens with two attached hydrogens (primary N) is 2. The topological polar surface area (TPSA) is 76.1 Å². The van der Waals surface area contributed by atoms with Gasteiger partial charge < -0.3 is 22.1 Å². The van der Waals surface area contributed by atoms with Crippen LogP contribution in [0.5, 0.6) is 0 Å². The number of hydrogen-bond acceptors (Lipinski definition) is 4. The van der Waals surface area contributed by atoms with E-state index in [-0.39, 0.29) is 0 Å². The summed E-state index contributed by atoms with van der Waals surface area (Å²) in [5.41, 5.74) is 18.0. The first-order valence-electron chi connectivity index (χ1n) is 13.6. The van der Waals surface area contributed by atoms with Crippen molar-refractivity contribution in [2.45, 2.75) is 81.2 Å². The predicted octanol–water partition coefficient (Wildman–Crippen LogP) is 6.22. The molecular formula is C31H56N4. The lowest BCUT2D eigenvalue weighted by molar-refractivity contribution is 0.588. The minimum Gasteiger partial charge on any atom is -0.380 e. The molecule has 2 rings (SSSR count). The summed E-state index contributed by atoms with van der Waals surface area (Å²) in [4.78, 5) is 0. The summed E-state index contributed by atoms with van der Waals surface area (Å²) in [5, 5.41) is 6.82. The van der Waals surface area contributed by atoms with Crippen molar-refractivity contribution >= 4 is 0 Å². The Labute approximate surface area is 218 Å². The van der Waals surface area contributed by atoms with Gasteiger partial charge in [0.1, 0.15) is 0 Å². The summed E-state index contributed by atoms with van der Waals surface area (Å²) in [5.74, 6) is 0.435. The fourth-order valence-electron chi connectivity index (χ4n) is 3.36. The fourth-order valence-corrected chi connectivity index (χ4v) is 3.36. The molecule has 0 radical (unpaired) electrons. The Morgan fingerprint density at radius 1 is 1.09 bits per heavy atom. The number of rotatable bonds is 10. The first-order valence-corrected chi connectivity index (χ1v) is 13.6. The third kappa shape index (κ3) is 16.2. The van der Waals surface area contributed by atoms with Crippen molar-refractivity contribution in [3.8, 4) is 0 Å². The molecule has 1 heterocycles. The molecule has 200 valence electrons. The van der Waals surface area contributed by atoms with Crippen LogP contribution >= 0.6 is 0 Å². The molecule has 0 aliphatic carbocycles. The van der Waals surface area contributed by atoms with Gasteiger partial charge in [-0.3, -0.25) is 0 Å². The Bertz CT molecular complexity index is 737. The van der Waals surface area contributed by atoms with Gasteiger partial charge in [-0.05, 0) is 61.9 Å². The van der Waals surface area contributed by atoms with Crippen LogP contribution in [0.2, 0.25) is 0 Å². The molecule has 1 aliphatic heterocycles. The van der Waals surface area contributed by atoms with Crippen molar-refractivity contribution < 1.29 is 0 Å². The zero-order valence-electron chi connectivity index (χ0n) is 24.2. The maximum absolute atomic E-state index is 5.62. The van der Waals surface area contributed by atoms with Gasteiger partial charge in [0.2, 0.25) is 0 Å². The van der Waals surface area contributed by atoms with E-state index in [1.54, 1.807) is 0 Å². The second-order valence-corrected chi connectivity index (χ2v) is 8.18. The molecular weight excluding hydrogens is 428 g/mol. The van der Waals surface area contributed by atoms with Crippen molar-refractivity contribution in [1.82, 2.24) is 10.6 Å². The third-order valence-corrected chi connectivity index (χ3v) is 5.51. The van der Waals surface area contributed by atoms with E-state index < -0.39 is 0 Å². The van der Waals surface area contributed by atoms with Crippen LogP contribution in [0.15, 0.2) is 65.9 Å². The molecule has 2 unspecified atom stereocenters. The van der Waals surface area contributed by atoms with Crippen LogP contribution in [0.4, 0.5) is 0 Å². The van der Waals surface area contributed by atoms with E-state index in [0.29, 0.717) is 25.0 Å². The van der Waals surface area contributed by atoms with Gasteiger partial charge in [-0.2, -0.15) is 0 Å². The standard InChI is InChI=1S/C16H28N4.C11H16.2C2H6/c1-13(9-17)5-3-6-14(2)11-19-12-16-8-4-7-15(10-18)20-16;1-4-10-7-6-8-11(5-2)9(10)3;2*1-2/h3-8,13,16,19-20H,9-12,17-18H2,1-2H3;6-8H,4-5H2,1-3H3;2*1-2H3/b5-3-,14-6+;;;. The molecule has 0 saturated carbocycles. The van der Waals surface area contributed by atoms with E-state index in [2.05, 4.69) is 93.8 Å². The first-order chi connectivity index (χ1) is 16.9. The quantitative estimate of drug-likeness (QED) is 0.298. The minimum absolute atomic E-state index is 0.319. The summed E-state index contributed by atoms with van der Waals surface area (Å²) in [7, 11) is 0. The van der Waals surface area contributed by atoms with Gasteiger partial charge in [0.25, 0.3) is 0 Å². The van der Waals surface area contributed by atoms with Gasteiger partial charge in [0.05, 0.1) is 6.04 Å². The summed E-state index contributed by atoms with van der Waals surface area (Å²) in [6.45, 7) is 21.9. The highest BCUT2D eigenvalue weighted by Gasteiger charge is 2.07. The van der Waals surface area contributed by atoms with Crippen LogP contribution < -0.4 is 22.1 Å². The monoisotopic (exact) mass is 484 g/mol. The van der Waals surface area contributed by atoms with Crippen molar-refractivity contribution in [3.63, 3.8) is 0 Å². The molecule has 0 amide bonds. The Kier molecular flexibility index (Phi) is 23.6. The maximum Gasteiger partial charge on any atom is 0.0569 e. The lowest BCUT2D eigenvalue weighted by Gasteiger charge is -2.21. The van der Waals surface area contributed by atoms with E-state index in [1.165, 1.54) is 22.3 Å². The Morgan fingerprint density at radius 2 is 1.69 bits per heavy atom. The molecule has 0 spiro atoms. The third-order valence-electron chi connectivity index (χ3n) is 5.51. The van der Waals surface area contributed by atoms with Gasteiger partial charge in [0.15, 0.2) is 0 Å². The van der Waals surface area contributed by atoms with Gasteiger partial charge in [-0.25, -0.2) is 0 Å². The average molecular weight is 485 g/mol. The van der Waals surface area contributed by atoms with Crippen molar-refractivity contribution in [1.29, 1.82) is 0 Å². The van der Waals surface area contributed by atoms with Gasteiger partial charge >= 0.3 is 0 Å². The number of aryl methyl sites for hydroxylation is 2. The number of dihydropyridines is 1. The normalized spacial score (nSPS) is 15.5. The molecule has 1 aromatic rings. The molecule has 2 atom stereocenters. The van der Waals surface area contributed by atoms with Crippen LogP contribution in [-0.2, 0) is 12.8 Å². The summed E-state index contributed by atoms with van der Waals surface area (Å²) < 4.78 is 0. The highest BCUT2D eigenvalue weighted by atomic mass is 15.0. The maximum atomic E-state index is 5.62. The number of allylic oxidation sites excluding steroid dienone is 4. The van der Waals surface area contributed by atoms with Crippen LogP contribution in [0.3, 0.4) is 0 Å². The largest absolute Gasteiger partial charge is 0.380 e. The lowest BCUT2D eigenvalue weighted by Crippen LogP contribution is -2.40. The van der Waals surface area contributed by atoms with Gasteiger partial charge in [-0.15, -0.1) is 0 Å². The SMILES string of the molecule is C/C(=C\C=C/C(C)CN)CNCC1C=CC=C(CN)N1.CC.CC.CCc1cccc(CC)c1C. The average Bonchev–Trinajstić information content (AvgIpc) is 2.91. The van der Waals surface area contributed by atoms with E-state index in [4.69, 9.17) is 11.5 Å². The van der Waals surface area contributed by atoms with Crippen molar-refractivity contribution in [3.05, 3.63) is 82.6 Å². The van der Waals surface area contributed by atoms with E-state index in [0.717, 1.165) is 31.6 Å². The van der Waals surface area contributed by atoms with Crippen molar-refractivity contribution in [2.24, 2.45) is 17.4 Å². The molecule has 6 N–H and O–H groups in total. The highest BCUT2D eigenvalue weighted by Crippen LogP contribution is 2.14. The van der Waals surface area contributed by atoms with Crippen LogP contribution in [0.1, 0.15) is 72.1 Å². The second kappa shape index (κ2) is 23.6. The van der Waals surface area contributed by atoms with Crippen LogP contribution in [0, 0.1) is 12.8 Å². The summed E-state index contributed by atoms with van der Waals surface area (Å²) in [6.07, 6.45) is 14.9. The van der Waals surface area contributed by atoms with E-state index >= 15 is 0 Å². The Balaban J connectivity index is 0. The first kappa shape index (κ1) is 35.0. The zero-order chi connectivity index (χ0) is 27.1. The molecule has 4 nitrogen and oxygen atoms in total. The molecule has 35 heavy (non-hydrogen) atoms.